The number of rotatable bonds is 1. The van der Waals surface area contributed by atoms with Gasteiger partial charge in [-0.15, -0.1) is 0 Å². The molecule has 2 aromatic rings. The van der Waals surface area contributed by atoms with Crippen LogP contribution in [-0.2, 0) is 9.59 Å². The Balaban J connectivity index is 1.66. The number of hydrogen-bond acceptors (Lipinski definition) is 4. The highest BCUT2D eigenvalue weighted by molar-refractivity contribution is 6.44. The van der Waals surface area contributed by atoms with Gasteiger partial charge in [0.25, 0.3) is 0 Å². The van der Waals surface area contributed by atoms with Gasteiger partial charge >= 0.3 is 11.8 Å². The molecule has 0 aromatic heterocycles. The van der Waals surface area contributed by atoms with Crippen molar-refractivity contribution in [2.24, 2.45) is 5.92 Å². The molecule has 2 fully saturated rings. The van der Waals surface area contributed by atoms with Crippen LogP contribution in [0.1, 0.15) is 29.7 Å². The Morgan fingerprint density at radius 1 is 0.929 bits per heavy atom. The zero-order chi connectivity index (χ0) is 19.3. The van der Waals surface area contributed by atoms with Crippen molar-refractivity contribution in [1.29, 1.82) is 0 Å². The summed E-state index contributed by atoms with van der Waals surface area (Å²) in [7, 11) is 0. The van der Waals surface area contributed by atoms with Gasteiger partial charge in [-0.25, -0.2) is 0 Å². The van der Waals surface area contributed by atoms with E-state index in [9.17, 15) is 19.8 Å². The second-order valence-electron chi connectivity index (χ2n) is 8.05. The molecule has 5 atom stereocenters. The van der Waals surface area contributed by atoms with E-state index in [1.54, 1.807) is 36.4 Å². The summed E-state index contributed by atoms with van der Waals surface area (Å²) in [5.41, 5.74) is -0.527. The summed E-state index contributed by atoms with van der Waals surface area (Å²) in [5, 5.41) is 22.7. The van der Waals surface area contributed by atoms with E-state index in [0.29, 0.717) is 11.3 Å². The molecule has 0 radical (unpaired) electrons. The summed E-state index contributed by atoms with van der Waals surface area (Å²) in [6.07, 6.45) is 2.81. The standard InChI is InChI=1S/C22H18N2O4/c25-17-14-8-4-5-9-16(14)23-19(26)20(27)24-18(13-6-2-1-3-7-13)21(28)10-11-22(23,24)15(17)12-21/h1-11,15,17-18,25,28H,12H2/t15-,17+,18?,21+,22+/m0/s1. The van der Waals surface area contributed by atoms with Gasteiger partial charge in [-0.05, 0) is 24.1 Å². The van der Waals surface area contributed by atoms with Crippen molar-refractivity contribution in [3.8, 4) is 0 Å². The van der Waals surface area contributed by atoms with Gasteiger partial charge in [0.15, 0.2) is 0 Å². The second kappa shape index (κ2) is 4.90. The third-order valence-corrected chi connectivity index (χ3v) is 6.78. The van der Waals surface area contributed by atoms with E-state index in [0.717, 1.165) is 5.56 Å². The highest BCUT2D eigenvalue weighted by atomic mass is 16.3. The minimum atomic E-state index is -1.35. The fourth-order valence-electron chi connectivity index (χ4n) is 5.72. The maximum atomic E-state index is 13.2. The lowest BCUT2D eigenvalue weighted by atomic mass is 9.61. The predicted molar refractivity (Wildman–Crippen MR) is 99.8 cm³/mol. The Hall–Kier alpha value is -2.96. The van der Waals surface area contributed by atoms with Crippen LogP contribution in [0, 0.1) is 5.92 Å². The summed E-state index contributed by atoms with van der Waals surface area (Å²) in [4.78, 5) is 29.4. The van der Waals surface area contributed by atoms with Crippen molar-refractivity contribution in [3.05, 3.63) is 77.9 Å². The third-order valence-electron chi connectivity index (χ3n) is 6.78. The second-order valence-corrected chi connectivity index (χ2v) is 8.05. The maximum absolute atomic E-state index is 13.2. The maximum Gasteiger partial charge on any atom is 0.318 e. The molecule has 6 heteroatoms. The molecule has 2 saturated heterocycles. The zero-order valence-electron chi connectivity index (χ0n) is 14.9. The van der Waals surface area contributed by atoms with Crippen LogP contribution in [0.15, 0.2) is 66.7 Å². The quantitative estimate of drug-likeness (QED) is 0.588. The van der Waals surface area contributed by atoms with Crippen LogP contribution in [0.25, 0.3) is 0 Å². The molecule has 2 N–H and O–H groups in total. The minimum absolute atomic E-state index is 0.256. The van der Waals surface area contributed by atoms with Gasteiger partial charge in [0.1, 0.15) is 11.3 Å². The van der Waals surface area contributed by atoms with Gasteiger partial charge in [-0.2, -0.15) is 0 Å². The van der Waals surface area contributed by atoms with Crippen molar-refractivity contribution in [2.45, 2.75) is 29.8 Å². The number of hydrogen-bond donors (Lipinski definition) is 2. The third kappa shape index (κ3) is 1.58. The molecule has 2 amide bonds. The average Bonchev–Trinajstić information content (AvgIpc) is 2.94. The van der Waals surface area contributed by atoms with Gasteiger partial charge in [0.2, 0.25) is 0 Å². The van der Waals surface area contributed by atoms with Crippen molar-refractivity contribution >= 4 is 17.5 Å². The van der Waals surface area contributed by atoms with Crippen LogP contribution in [0.2, 0.25) is 0 Å². The summed E-state index contributed by atoms with van der Waals surface area (Å²) >= 11 is 0. The number of anilines is 1. The van der Waals surface area contributed by atoms with E-state index in [1.165, 1.54) is 9.80 Å². The van der Waals surface area contributed by atoms with E-state index in [1.807, 2.05) is 30.3 Å². The van der Waals surface area contributed by atoms with E-state index in [2.05, 4.69) is 0 Å². The Labute approximate surface area is 161 Å². The number of amides is 2. The number of piperidine rings is 1. The molecule has 7 rings (SSSR count). The number of carbonyl (C=O) groups excluding carboxylic acids is 2. The van der Waals surface area contributed by atoms with Crippen molar-refractivity contribution in [1.82, 2.24) is 4.90 Å². The smallest absolute Gasteiger partial charge is 0.318 e. The van der Waals surface area contributed by atoms with Crippen LogP contribution >= 0.6 is 0 Å². The molecule has 0 saturated carbocycles. The molecule has 5 aliphatic rings. The molecule has 140 valence electrons. The SMILES string of the molecule is O=C1C(=O)N2C(c3ccccc3)[C@@]3(O)C=C[C@]24[C@@H](C3)[C@H](O)c2ccccc2N14. The molecule has 1 spiro atoms. The van der Waals surface area contributed by atoms with Crippen molar-refractivity contribution in [3.63, 3.8) is 0 Å². The van der Waals surface area contributed by atoms with Crippen molar-refractivity contribution in [2.75, 3.05) is 4.90 Å². The summed E-state index contributed by atoms with van der Waals surface area (Å²) in [6.45, 7) is 0. The lowest BCUT2D eigenvalue weighted by molar-refractivity contribution is -0.172. The summed E-state index contributed by atoms with van der Waals surface area (Å²) in [6, 6.07) is 15.7. The lowest BCUT2D eigenvalue weighted by Crippen LogP contribution is -2.72. The number of aliphatic hydroxyl groups excluding tert-OH is 1. The molecule has 1 aliphatic carbocycles. The Bertz CT molecular complexity index is 1070. The van der Waals surface area contributed by atoms with E-state index in [4.69, 9.17) is 0 Å². The first-order chi connectivity index (χ1) is 13.5. The molecule has 2 aromatic carbocycles. The van der Waals surface area contributed by atoms with Gasteiger partial charge < -0.3 is 10.2 Å². The zero-order valence-corrected chi connectivity index (χ0v) is 14.9. The van der Waals surface area contributed by atoms with Gasteiger partial charge in [-0.1, -0.05) is 54.6 Å². The van der Waals surface area contributed by atoms with Gasteiger partial charge in [0, 0.05) is 11.5 Å². The molecule has 4 aliphatic heterocycles. The number of carbonyl (C=O) groups is 2. The first-order valence-corrected chi connectivity index (χ1v) is 9.41. The molecule has 6 nitrogen and oxygen atoms in total. The van der Waals surface area contributed by atoms with E-state index in [-0.39, 0.29) is 6.42 Å². The number of aliphatic hydroxyl groups is 2. The summed E-state index contributed by atoms with van der Waals surface area (Å²) in [5.74, 6) is -1.78. The van der Waals surface area contributed by atoms with Crippen LogP contribution in [-0.4, -0.2) is 38.2 Å². The fraction of sp³-hybridized carbons (Fsp3) is 0.273. The number of fused-ring (bicyclic) bond motifs is 2. The number of nitrogens with zero attached hydrogens (tertiary/aromatic N) is 2. The normalized spacial score (nSPS) is 37.3. The largest absolute Gasteiger partial charge is 0.388 e. The Morgan fingerprint density at radius 2 is 1.64 bits per heavy atom. The first-order valence-electron chi connectivity index (χ1n) is 9.41. The fourth-order valence-corrected chi connectivity index (χ4v) is 5.72. The first kappa shape index (κ1) is 16.0. The highest BCUT2D eigenvalue weighted by Crippen LogP contribution is 2.63. The molecular formula is C22H18N2O4. The van der Waals surface area contributed by atoms with Crippen LogP contribution in [0.5, 0.6) is 0 Å². The topological polar surface area (TPSA) is 81.1 Å². The highest BCUT2D eigenvalue weighted by Gasteiger charge is 2.73. The number of benzene rings is 2. The molecule has 28 heavy (non-hydrogen) atoms. The monoisotopic (exact) mass is 374 g/mol. The van der Waals surface area contributed by atoms with Crippen LogP contribution < -0.4 is 4.90 Å². The predicted octanol–water partition coefficient (Wildman–Crippen LogP) is 1.67. The molecule has 2 bridgehead atoms. The average molecular weight is 374 g/mol. The molecular weight excluding hydrogens is 356 g/mol. The molecule has 1 unspecified atom stereocenters. The Morgan fingerprint density at radius 3 is 2.43 bits per heavy atom. The van der Waals surface area contributed by atoms with Crippen LogP contribution in [0.3, 0.4) is 0 Å². The van der Waals surface area contributed by atoms with Gasteiger partial charge in [0.05, 0.1) is 17.8 Å². The minimum Gasteiger partial charge on any atom is -0.388 e. The van der Waals surface area contributed by atoms with E-state index < -0.39 is 41.1 Å². The summed E-state index contributed by atoms with van der Waals surface area (Å²) < 4.78 is 0. The Kier molecular flexibility index (Phi) is 2.81. The van der Waals surface area contributed by atoms with Crippen molar-refractivity contribution < 1.29 is 19.8 Å². The van der Waals surface area contributed by atoms with Gasteiger partial charge in [-0.3, -0.25) is 19.4 Å². The lowest BCUT2D eigenvalue weighted by Gasteiger charge is -2.63. The van der Waals surface area contributed by atoms with E-state index >= 15 is 0 Å². The molecule has 4 heterocycles. The number of para-hydroxylation sites is 1. The van der Waals surface area contributed by atoms with Crippen LogP contribution in [0.4, 0.5) is 5.69 Å².